The van der Waals surface area contributed by atoms with Gasteiger partial charge in [-0.25, -0.2) is 0 Å². The molecule has 1 aromatic carbocycles. The van der Waals surface area contributed by atoms with Crippen molar-refractivity contribution in [3.05, 3.63) is 29.8 Å². The van der Waals surface area contributed by atoms with Crippen molar-refractivity contribution in [3.8, 4) is 5.75 Å². The van der Waals surface area contributed by atoms with Gasteiger partial charge in [0, 0.05) is 12.0 Å². The molecule has 0 unspecified atom stereocenters. The molecular weight excluding hydrogens is 238 g/mol. The van der Waals surface area contributed by atoms with Crippen LogP contribution in [0.2, 0.25) is 0 Å². The number of phenolic OH excluding ortho intramolecular Hbond substituents is 1. The number of ketones is 1. The van der Waals surface area contributed by atoms with E-state index in [1.54, 1.807) is 24.3 Å². The number of aromatic hydroxyl groups is 1. The molecule has 2 rings (SSSR count). The number of benzene rings is 1. The molecule has 0 atom stereocenters. The van der Waals surface area contributed by atoms with Crippen LogP contribution >= 0.6 is 0 Å². The lowest BCUT2D eigenvalue weighted by Crippen LogP contribution is -2.30. The van der Waals surface area contributed by atoms with Crippen LogP contribution in [0, 0.1) is 0 Å². The second kappa shape index (κ2) is 7.29. The van der Waals surface area contributed by atoms with E-state index in [2.05, 4.69) is 4.90 Å². The number of piperidine rings is 1. The molecule has 0 bridgehead atoms. The van der Waals surface area contributed by atoms with Gasteiger partial charge < -0.3 is 10.0 Å². The molecule has 0 saturated carbocycles. The minimum atomic E-state index is 0.179. The number of nitrogens with zero attached hydrogens (tertiary/aromatic N) is 1. The predicted octanol–water partition coefficient (Wildman–Crippen LogP) is 3.23. The summed E-state index contributed by atoms with van der Waals surface area (Å²) >= 11 is 0. The summed E-state index contributed by atoms with van der Waals surface area (Å²) in [5.74, 6) is 0.389. The highest BCUT2D eigenvalue weighted by Crippen LogP contribution is 2.14. The molecule has 3 nitrogen and oxygen atoms in total. The first-order valence-electron chi connectivity index (χ1n) is 7.30. The minimum Gasteiger partial charge on any atom is -0.508 e. The Bertz CT molecular complexity index is 394. The largest absolute Gasteiger partial charge is 0.508 e. The Morgan fingerprint density at radius 1 is 1.05 bits per heavy atom. The Hall–Kier alpha value is -1.35. The fourth-order valence-corrected chi connectivity index (χ4v) is 2.60. The summed E-state index contributed by atoms with van der Waals surface area (Å²) < 4.78 is 0. The fourth-order valence-electron chi connectivity index (χ4n) is 2.60. The van der Waals surface area contributed by atoms with Crippen LogP contribution < -0.4 is 0 Å². The summed E-state index contributed by atoms with van der Waals surface area (Å²) in [6, 6.07) is 6.53. The molecular formula is C16H23NO2. The van der Waals surface area contributed by atoms with Crippen LogP contribution in [0.25, 0.3) is 0 Å². The number of carbonyl (C=O) groups excluding carboxylic acids is 1. The zero-order valence-corrected chi connectivity index (χ0v) is 11.5. The van der Waals surface area contributed by atoms with Crippen LogP contribution in [0.3, 0.4) is 0 Å². The molecule has 0 aliphatic carbocycles. The van der Waals surface area contributed by atoms with Crippen LogP contribution in [-0.2, 0) is 0 Å². The van der Waals surface area contributed by atoms with E-state index < -0.39 is 0 Å². The SMILES string of the molecule is O=C(CCCCN1CCCCC1)c1ccc(O)cc1. The topological polar surface area (TPSA) is 40.5 Å². The van der Waals surface area contributed by atoms with Gasteiger partial charge in [0.25, 0.3) is 0 Å². The number of hydrogen-bond acceptors (Lipinski definition) is 3. The van der Waals surface area contributed by atoms with Crippen molar-refractivity contribution in [2.24, 2.45) is 0 Å². The normalized spacial score (nSPS) is 16.4. The average molecular weight is 261 g/mol. The van der Waals surface area contributed by atoms with Crippen molar-refractivity contribution in [1.82, 2.24) is 4.90 Å². The van der Waals surface area contributed by atoms with Gasteiger partial charge in [0.2, 0.25) is 0 Å². The van der Waals surface area contributed by atoms with Gasteiger partial charge >= 0.3 is 0 Å². The van der Waals surface area contributed by atoms with E-state index in [-0.39, 0.29) is 11.5 Å². The zero-order chi connectivity index (χ0) is 13.5. The van der Waals surface area contributed by atoms with Crippen LogP contribution in [0.15, 0.2) is 24.3 Å². The van der Waals surface area contributed by atoms with E-state index in [9.17, 15) is 9.90 Å². The monoisotopic (exact) mass is 261 g/mol. The van der Waals surface area contributed by atoms with Crippen LogP contribution in [0.5, 0.6) is 5.75 Å². The molecule has 19 heavy (non-hydrogen) atoms. The van der Waals surface area contributed by atoms with Gasteiger partial charge in [0.05, 0.1) is 0 Å². The number of phenols is 1. The third-order valence-corrected chi connectivity index (χ3v) is 3.77. The Morgan fingerprint density at radius 3 is 2.42 bits per heavy atom. The predicted molar refractivity (Wildman–Crippen MR) is 76.6 cm³/mol. The second-order valence-electron chi connectivity index (χ2n) is 5.33. The van der Waals surface area contributed by atoms with Crippen molar-refractivity contribution in [1.29, 1.82) is 0 Å². The number of Topliss-reactive ketones (excluding diaryl/α,β-unsaturated/α-hetero) is 1. The molecule has 1 aliphatic rings. The Morgan fingerprint density at radius 2 is 1.74 bits per heavy atom. The Balaban J connectivity index is 1.64. The smallest absolute Gasteiger partial charge is 0.162 e. The van der Waals surface area contributed by atoms with E-state index in [1.807, 2.05) is 0 Å². The minimum absolute atomic E-state index is 0.179. The van der Waals surface area contributed by atoms with E-state index >= 15 is 0 Å². The third kappa shape index (κ3) is 4.67. The quantitative estimate of drug-likeness (QED) is 0.631. The molecule has 3 heteroatoms. The first-order chi connectivity index (χ1) is 9.25. The maximum atomic E-state index is 11.9. The third-order valence-electron chi connectivity index (χ3n) is 3.77. The van der Waals surface area contributed by atoms with Crippen LogP contribution in [-0.4, -0.2) is 35.4 Å². The van der Waals surface area contributed by atoms with Crippen LogP contribution in [0.4, 0.5) is 0 Å². The first kappa shape index (κ1) is 14.1. The van der Waals surface area contributed by atoms with Crippen molar-refractivity contribution < 1.29 is 9.90 Å². The van der Waals surface area contributed by atoms with E-state index in [4.69, 9.17) is 0 Å². The molecule has 1 heterocycles. The van der Waals surface area contributed by atoms with Crippen LogP contribution in [0.1, 0.15) is 48.9 Å². The Labute approximate surface area is 115 Å². The van der Waals surface area contributed by atoms with Gasteiger partial charge in [-0.2, -0.15) is 0 Å². The van der Waals surface area contributed by atoms with Crippen molar-refractivity contribution in [2.75, 3.05) is 19.6 Å². The molecule has 1 N–H and O–H groups in total. The summed E-state index contributed by atoms with van der Waals surface area (Å²) in [5, 5.41) is 9.18. The lowest BCUT2D eigenvalue weighted by atomic mass is 10.0. The number of rotatable bonds is 6. The number of carbonyl (C=O) groups is 1. The Kier molecular flexibility index (Phi) is 5.40. The molecule has 0 amide bonds. The van der Waals surface area contributed by atoms with E-state index in [0.29, 0.717) is 12.0 Å². The van der Waals surface area contributed by atoms with Gasteiger partial charge in [-0.15, -0.1) is 0 Å². The number of hydrogen-bond donors (Lipinski definition) is 1. The standard InChI is InChI=1S/C16H23NO2/c18-15-9-7-14(8-10-15)16(19)6-2-5-13-17-11-3-1-4-12-17/h7-10,18H,1-6,11-13H2. The highest BCUT2D eigenvalue weighted by Gasteiger charge is 2.10. The van der Waals surface area contributed by atoms with Gasteiger partial charge in [-0.3, -0.25) is 4.79 Å². The lowest BCUT2D eigenvalue weighted by Gasteiger charge is -2.26. The summed E-state index contributed by atoms with van der Waals surface area (Å²) in [6.07, 6.45) is 6.69. The van der Waals surface area contributed by atoms with Crippen molar-refractivity contribution >= 4 is 5.78 Å². The molecule has 1 saturated heterocycles. The molecule has 0 spiro atoms. The van der Waals surface area contributed by atoms with E-state index in [0.717, 1.165) is 19.4 Å². The molecule has 0 aromatic heterocycles. The van der Waals surface area contributed by atoms with E-state index in [1.165, 1.54) is 32.4 Å². The first-order valence-corrected chi connectivity index (χ1v) is 7.30. The molecule has 104 valence electrons. The lowest BCUT2D eigenvalue weighted by molar-refractivity contribution is 0.0977. The summed E-state index contributed by atoms with van der Waals surface area (Å²) in [5.41, 5.74) is 0.704. The molecule has 0 radical (unpaired) electrons. The average Bonchev–Trinajstić information content (AvgIpc) is 2.45. The van der Waals surface area contributed by atoms with Gasteiger partial charge in [0.15, 0.2) is 5.78 Å². The van der Waals surface area contributed by atoms with Gasteiger partial charge in [-0.05, 0) is 69.6 Å². The summed E-state index contributed by atoms with van der Waals surface area (Å²) in [4.78, 5) is 14.4. The summed E-state index contributed by atoms with van der Waals surface area (Å²) in [7, 11) is 0. The maximum Gasteiger partial charge on any atom is 0.162 e. The maximum absolute atomic E-state index is 11.9. The highest BCUT2D eigenvalue weighted by atomic mass is 16.3. The number of unbranched alkanes of at least 4 members (excludes halogenated alkanes) is 1. The fraction of sp³-hybridized carbons (Fsp3) is 0.562. The van der Waals surface area contributed by atoms with Gasteiger partial charge in [0.1, 0.15) is 5.75 Å². The zero-order valence-electron chi connectivity index (χ0n) is 11.5. The number of likely N-dealkylation sites (tertiary alicyclic amines) is 1. The second-order valence-corrected chi connectivity index (χ2v) is 5.33. The molecule has 1 fully saturated rings. The van der Waals surface area contributed by atoms with Crippen molar-refractivity contribution in [3.63, 3.8) is 0 Å². The van der Waals surface area contributed by atoms with Gasteiger partial charge in [-0.1, -0.05) is 6.42 Å². The summed E-state index contributed by atoms with van der Waals surface area (Å²) in [6.45, 7) is 3.58. The molecule has 1 aliphatic heterocycles. The van der Waals surface area contributed by atoms with Crippen molar-refractivity contribution in [2.45, 2.75) is 38.5 Å². The molecule has 1 aromatic rings. The highest BCUT2D eigenvalue weighted by molar-refractivity contribution is 5.96.